The average molecular weight is 387 g/mol. The van der Waals surface area contributed by atoms with Gasteiger partial charge in [-0.25, -0.2) is 4.39 Å². The van der Waals surface area contributed by atoms with Gasteiger partial charge in [0.05, 0.1) is 12.4 Å². The molecule has 3 rings (SSSR count). The molecule has 1 heterocycles. The minimum atomic E-state index is -0.422. The Hall–Kier alpha value is -2.87. The quantitative estimate of drug-likeness (QED) is 0.623. The SMILES string of the molecule is COc1ccc(-c2nnc(SC(C)C(=O)NCc3ccc(F)cc3)o2)cc1. The van der Waals surface area contributed by atoms with Crippen LogP contribution in [0.3, 0.4) is 0 Å². The van der Waals surface area contributed by atoms with E-state index in [2.05, 4.69) is 15.5 Å². The summed E-state index contributed by atoms with van der Waals surface area (Å²) in [5.41, 5.74) is 1.59. The summed E-state index contributed by atoms with van der Waals surface area (Å²) in [5.74, 6) is 0.630. The summed E-state index contributed by atoms with van der Waals surface area (Å²) in [6, 6.07) is 13.2. The van der Waals surface area contributed by atoms with E-state index in [1.54, 1.807) is 38.3 Å². The molecule has 6 nitrogen and oxygen atoms in total. The molecule has 1 amide bonds. The van der Waals surface area contributed by atoms with Crippen molar-refractivity contribution in [1.82, 2.24) is 15.5 Å². The maximum absolute atomic E-state index is 12.9. The van der Waals surface area contributed by atoms with Gasteiger partial charge in [-0.3, -0.25) is 4.79 Å². The number of methoxy groups -OCH3 is 1. The topological polar surface area (TPSA) is 77.2 Å². The molecule has 27 heavy (non-hydrogen) atoms. The lowest BCUT2D eigenvalue weighted by atomic mass is 10.2. The fourth-order valence-electron chi connectivity index (χ4n) is 2.25. The lowest BCUT2D eigenvalue weighted by molar-refractivity contribution is -0.120. The molecule has 1 aromatic heterocycles. The summed E-state index contributed by atoms with van der Waals surface area (Å²) >= 11 is 1.18. The Bertz CT molecular complexity index is 897. The van der Waals surface area contributed by atoms with Crippen molar-refractivity contribution < 1.29 is 18.3 Å². The Morgan fingerprint density at radius 2 is 1.89 bits per heavy atom. The summed E-state index contributed by atoms with van der Waals surface area (Å²) < 4.78 is 23.6. The number of carbonyl (C=O) groups excluding carboxylic acids is 1. The molecule has 1 N–H and O–H groups in total. The van der Waals surface area contributed by atoms with Crippen molar-refractivity contribution in [2.75, 3.05) is 7.11 Å². The summed E-state index contributed by atoms with van der Waals surface area (Å²) in [4.78, 5) is 12.2. The van der Waals surface area contributed by atoms with E-state index < -0.39 is 5.25 Å². The number of thioether (sulfide) groups is 1. The van der Waals surface area contributed by atoms with Crippen LogP contribution in [0.25, 0.3) is 11.5 Å². The maximum atomic E-state index is 12.9. The van der Waals surface area contributed by atoms with Crippen molar-refractivity contribution in [2.24, 2.45) is 0 Å². The van der Waals surface area contributed by atoms with E-state index in [4.69, 9.17) is 9.15 Å². The summed E-state index contributed by atoms with van der Waals surface area (Å²) in [5, 5.41) is 10.7. The standard InChI is InChI=1S/C19H18FN3O3S/c1-12(17(24)21-11-13-3-7-15(20)8-4-13)27-19-23-22-18(26-19)14-5-9-16(25-2)10-6-14/h3-10,12H,11H2,1-2H3,(H,21,24). The predicted molar refractivity (Wildman–Crippen MR) is 99.9 cm³/mol. The van der Waals surface area contributed by atoms with Crippen molar-refractivity contribution in [3.63, 3.8) is 0 Å². The second-order valence-corrected chi connectivity index (χ2v) is 7.00. The van der Waals surface area contributed by atoms with Gasteiger partial charge in [0.15, 0.2) is 0 Å². The highest BCUT2D eigenvalue weighted by Gasteiger charge is 2.18. The number of benzene rings is 2. The number of hydrogen-bond donors (Lipinski definition) is 1. The van der Waals surface area contributed by atoms with Crippen molar-refractivity contribution in [3.8, 4) is 17.2 Å². The monoisotopic (exact) mass is 387 g/mol. The van der Waals surface area contributed by atoms with Crippen molar-refractivity contribution in [1.29, 1.82) is 0 Å². The normalized spacial score (nSPS) is 11.8. The molecule has 0 spiro atoms. The molecular weight excluding hydrogens is 369 g/mol. The molecule has 0 fully saturated rings. The fraction of sp³-hybridized carbons (Fsp3) is 0.211. The Morgan fingerprint density at radius 3 is 2.56 bits per heavy atom. The largest absolute Gasteiger partial charge is 0.497 e. The second-order valence-electron chi connectivity index (χ2n) is 5.71. The van der Waals surface area contributed by atoms with Gasteiger partial charge in [-0.15, -0.1) is 10.2 Å². The van der Waals surface area contributed by atoms with Crippen LogP contribution in [0.1, 0.15) is 12.5 Å². The van der Waals surface area contributed by atoms with Gasteiger partial charge in [0.25, 0.3) is 5.22 Å². The first kappa shape index (κ1) is 18.9. The Morgan fingerprint density at radius 1 is 1.19 bits per heavy atom. The molecule has 3 aromatic rings. The Kier molecular flexibility index (Phi) is 6.08. The molecular formula is C19H18FN3O3S. The third-order valence-electron chi connectivity index (χ3n) is 3.77. The fourth-order valence-corrected chi connectivity index (χ4v) is 2.96. The number of ether oxygens (including phenoxy) is 1. The molecule has 0 radical (unpaired) electrons. The number of amides is 1. The van der Waals surface area contributed by atoms with Crippen LogP contribution in [0.2, 0.25) is 0 Å². The van der Waals surface area contributed by atoms with Crippen molar-refractivity contribution in [3.05, 3.63) is 59.9 Å². The molecule has 0 bridgehead atoms. The first-order valence-corrected chi connectivity index (χ1v) is 9.10. The smallest absolute Gasteiger partial charge is 0.277 e. The number of halogens is 1. The van der Waals surface area contributed by atoms with Crippen LogP contribution >= 0.6 is 11.8 Å². The predicted octanol–water partition coefficient (Wildman–Crippen LogP) is 3.68. The number of rotatable bonds is 7. The number of nitrogens with zero attached hydrogens (tertiary/aromatic N) is 2. The Labute approximate surface area is 160 Å². The molecule has 1 atom stereocenters. The lowest BCUT2D eigenvalue weighted by Crippen LogP contribution is -2.30. The number of hydrogen-bond acceptors (Lipinski definition) is 6. The van der Waals surface area contributed by atoms with Crippen LogP contribution in [0, 0.1) is 5.82 Å². The third-order valence-corrected chi connectivity index (χ3v) is 4.70. The highest BCUT2D eigenvalue weighted by molar-refractivity contribution is 8.00. The van der Waals surface area contributed by atoms with E-state index in [0.29, 0.717) is 17.7 Å². The van der Waals surface area contributed by atoms with Crippen LogP contribution in [0.5, 0.6) is 5.75 Å². The molecule has 1 unspecified atom stereocenters. The minimum absolute atomic E-state index is 0.173. The van der Waals surface area contributed by atoms with Gasteiger partial charge in [0.1, 0.15) is 11.6 Å². The first-order chi connectivity index (χ1) is 13.0. The van der Waals surface area contributed by atoms with E-state index >= 15 is 0 Å². The number of carbonyl (C=O) groups is 1. The van der Waals surface area contributed by atoms with Gasteiger partial charge in [0, 0.05) is 12.1 Å². The van der Waals surface area contributed by atoms with Crippen molar-refractivity contribution >= 4 is 17.7 Å². The highest BCUT2D eigenvalue weighted by atomic mass is 32.2. The van der Waals surface area contributed by atoms with E-state index in [1.165, 1.54) is 23.9 Å². The van der Waals surface area contributed by atoms with Gasteiger partial charge in [-0.2, -0.15) is 0 Å². The van der Waals surface area contributed by atoms with E-state index in [0.717, 1.165) is 16.9 Å². The van der Waals surface area contributed by atoms with Crippen LogP contribution in [0.4, 0.5) is 4.39 Å². The molecule has 0 saturated heterocycles. The molecule has 0 aliphatic heterocycles. The molecule has 140 valence electrons. The molecule has 0 aliphatic carbocycles. The van der Waals surface area contributed by atoms with Gasteiger partial charge in [-0.05, 0) is 48.9 Å². The minimum Gasteiger partial charge on any atom is -0.497 e. The van der Waals surface area contributed by atoms with E-state index in [1.807, 2.05) is 12.1 Å². The summed E-state index contributed by atoms with van der Waals surface area (Å²) in [6.45, 7) is 2.08. The van der Waals surface area contributed by atoms with Gasteiger partial charge < -0.3 is 14.5 Å². The molecule has 2 aromatic carbocycles. The average Bonchev–Trinajstić information content (AvgIpc) is 3.15. The maximum Gasteiger partial charge on any atom is 0.277 e. The van der Waals surface area contributed by atoms with E-state index in [-0.39, 0.29) is 11.7 Å². The van der Waals surface area contributed by atoms with Crippen LogP contribution in [0.15, 0.2) is 58.2 Å². The molecule has 8 heteroatoms. The zero-order chi connectivity index (χ0) is 19.2. The zero-order valence-corrected chi connectivity index (χ0v) is 15.6. The van der Waals surface area contributed by atoms with Gasteiger partial charge in [-0.1, -0.05) is 23.9 Å². The third kappa shape index (κ3) is 5.07. The molecule has 0 saturated carbocycles. The van der Waals surface area contributed by atoms with Crippen LogP contribution in [-0.2, 0) is 11.3 Å². The highest BCUT2D eigenvalue weighted by Crippen LogP contribution is 2.27. The second kappa shape index (κ2) is 8.68. The number of aromatic nitrogens is 2. The summed E-state index contributed by atoms with van der Waals surface area (Å²) in [6.07, 6.45) is 0. The van der Waals surface area contributed by atoms with Gasteiger partial charge >= 0.3 is 0 Å². The van der Waals surface area contributed by atoms with Crippen LogP contribution in [-0.4, -0.2) is 28.5 Å². The van der Waals surface area contributed by atoms with Crippen molar-refractivity contribution in [2.45, 2.75) is 23.9 Å². The lowest BCUT2D eigenvalue weighted by Gasteiger charge is -2.09. The zero-order valence-electron chi connectivity index (χ0n) is 14.8. The van der Waals surface area contributed by atoms with Crippen LogP contribution < -0.4 is 10.1 Å². The Balaban J connectivity index is 1.55. The first-order valence-electron chi connectivity index (χ1n) is 8.22. The van der Waals surface area contributed by atoms with Gasteiger partial charge in [0.2, 0.25) is 11.8 Å². The van der Waals surface area contributed by atoms with E-state index in [9.17, 15) is 9.18 Å². The summed E-state index contributed by atoms with van der Waals surface area (Å²) in [7, 11) is 1.60. The molecule has 0 aliphatic rings. The number of nitrogens with one attached hydrogen (secondary N) is 1.